The summed E-state index contributed by atoms with van der Waals surface area (Å²) in [5.41, 5.74) is 1.20. The summed E-state index contributed by atoms with van der Waals surface area (Å²) in [6.07, 6.45) is 1.97. The molecule has 134 valence electrons. The first-order valence-electron chi connectivity index (χ1n) is 8.29. The van der Waals surface area contributed by atoms with E-state index in [-0.39, 0.29) is 36.2 Å². The molecule has 1 aromatic heterocycles. The Balaban J connectivity index is 1.64. The summed E-state index contributed by atoms with van der Waals surface area (Å²) in [6, 6.07) is 2.02. The van der Waals surface area contributed by atoms with Gasteiger partial charge in [-0.2, -0.15) is 5.26 Å². The average molecular weight is 355 g/mol. The third kappa shape index (κ3) is 2.12. The zero-order valence-corrected chi connectivity index (χ0v) is 14.4. The van der Waals surface area contributed by atoms with Crippen molar-refractivity contribution in [3.8, 4) is 6.07 Å². The number of hydrogen-bond donors (Lipinski definition) is 0. The van der Waals surface area contributed by atoms with E-state index in [0.29, 0.717) is 24.2 Å². The Morgan fingerprint density at radius 1 is 1.46 bits per heavy atom. The maximum Gasteiger partial charge on any atom is 0.332 e. The SMILES string of the molecule is COCC(=O)N1C[C@H]2CC1C1C(=O)N(c3cnc(C#N)c(C)c3)C(=O)N12. The fourth-order valence-electron chi connectivity index (χ4n) is 4.19. The monoisotopic (exact) mass is 355 g/mol. The Morgan fingerprint density at radius 3 is 2.88 bits per heavy atom. The maximum atomic E-state index is 13.0. The Hall–Kier alpha value is -2.99. The maximum absolute atomic E-state index is 13.0. The summed E-state index contributed by atoms with van der Waals surface area (Å²) in [4.78, 5) is 46.4. The van der Waals surface area contributed by atoms with E-state index in [0.717, 1.165) is 4.90 Å². The number of urea groups is 1. The van der Waals surface area contributed by atoms with Crippen LogP contribution in [0, 0.1) is 18.3 Å². The standard InChI is InChI=1S/C17H17N5O4/c1-9-3-10(6-19-12(9)5-18)22-16(24)15-13-4-11(21(15)17(22)25)7-20(13)14(23)8-26-2/h3,6,11,13,15H,4,7-8H2,1-2H3/t11-,13?,15?/m1/s1. The van der Waals surface area contributed by atoms with E-state index >= 15 is 0 Å². The number of anilines is 1. The molecule has 0 spiro atoms. The molecule has 9 nitrogen and oxygen atoms in total. The second-order valence-electron chi connectivity index (χ2n) is 6.72. The molecule has 2 bridgehead atoms. The Morgan fingerprint density at radius 2 is 2.23 bits per heavy atom. The van der Waals surface area contributed by atoms with Gasteiger partial charge < -0.3 is 14.5 Å². The number of piperazine rings is 1. The average Bonchev–Trinajstić information content (AvgIpc) is 3.27. The molecule has 0 N–H and O–H groups in total. The van der Waals surface area contributed by atoms with Gasteiger partial charge in [0.2, 0.25) is 5.91 Å². The van der Waals surface area contributed by atoms with Crippen LogP contribution in [0.3, 0.4) is 0 Å². The van der Waals surface area contributed by atoms with Crippen molar-refractivity contribution in [3.63, 3.8) is 0 Å². The van der Waals surface area contributed by atoms with Crippen molar-refractivity contribution in [2.75, 3.05) is 25.2 Å². The van der Waals surface area contributed by atoms with Gasteiger partial charge in [-0.25, -0.2) is 14.7 Å². The molecule has 4 heterocycles. The van der Waals surface area contributed by atoms with Crippen molar-refractivity contribution in [2.45, 2.75) is 31.5 Å². The number of imide groups is 1. The van der Waals surface area contributed by atoms with Gasteiger partial charge in [0.1, 0.15) is 24.4 Å². The molecule has 0 aliphatic carbocycles. The van der Waals surface area contributed by atoms with E-state index in [4.69, 9.17) is 10.00 Å². The molecule has 26 heavy (non-hydrogen) atoms. The first-order valence-corrected chi connectivity index (χ1v) is 8.29. The number of nitrogens with zero attached hydrogens (tertiary/aromatic N) is 5. The van der Waals surface area contributed by atoms with Crippen molar-refractivity contribution < 1.29 is 19.1 Å². The van der Waals surface area contributed by atoms with Crippen LogP contribution in [0.2, 0.25) is 0 Å². The first kappa shape index (κ1) is 16.5. The Labute approximate surface area is 149 Å². The quantitative estimate of drug-likeness (QED) is 0.708. The molecule has 3 fully saturated rings. The number of carbonyl (C=O) groups is 3. The Kier molecular flexibility index (Phi) is 3.66. The minimum Gasteiger partial charge on any atom is -0.375 e. The number of fused-ring (bicyclic) bond motifs is 5. The van der Waals surface area contributed by atoms with Crippen molar-refractivity contribution in [2.24, 2.45) is 0 Å². The zero-order valence-electron chi connectivity index (χ0n) is 14.4. The van der Waals surface area contributed by atoms with Gasteiger partial charge in [-0.15, -0.1) is 0 Å². The number of likely N-dealkylation sites (tertiary alicyclic amines) is 1. The summed E-state index contributed by atoms with van der Waals surface area (Å²) in [7, 11) is 1.45. The van der Waals surface area contributed by atoms with Crippen molar-refractivity contribution in [1.29, 1.82) is 5.26 Å². The molecule has 3 aliphatic rings. The third-order valence-corrected chi connectivity index (χ3v) is 5.28. The molecule has 2 unspecified atom stereocenters. The third-order valence-electron chi connectivity index (χ3n) is 5.28. The highest BCUT2D eigenvalue weighted by Crippen LogP contribution is 2.42. The lowest BCUT2D eigenvalue weighted by Crippen LogP contribution is -2.55. The van der Waals surface area contributed by atoms with Crippen LogP contribution >= 0.6 is 0 Å². The molecule has 4 rings (SSSR count). The van der Waals surface area contributed by atoms with E-state index in [1.165, 1.54) is 13.3 Å². The first-order chi connectivity index (χ1) is 12.5. The Bertz CT molecular complexity index is 863. The molecule has 0 saturated carbocycles. The summed E-state index contributed by atoms with van der Waals surface area (Å²) >= 11 is 0. The highest BCUT2D eigenvalue weighted by Gasteiger charge is 2.62. The van der Waals surface area contributed by atoms with Gasteiger partial charge in [-0.1, -0.05) is 0 Å². The molecule has 3 atom stereocenters. The lowest BCUT2D eigenvalue weighted by molar-refractivity contribution is -0.139. The second kappa shape index (κ2) is 5.78. The van der Waals surface area contributed by atoms with Gasteiger partial charge in [-0.05, 0) is 25.0 Å². The topological polar surface area (TPSA) is 107 Å². The van der Waals surface area contributed by atoms with E-state index in [2.05, 4.69) is 4.98 Å². The van der Waals surface area contributed by atoms with Crippen LogP contribution in [0.5, 0.6) is 0 Å². The van der Waals surface area contributed by atoms with Gasteiger partial charge in [-0.3, -0.25) is 9.59 Å². The van der Waals surface area contributed by atoms with E-state index in [1.807, 2.05) is 6.07 Å². The normalized spacial score (nSPS) is 26.5. The number of aryl methyl sites for hydroxylation is 1. The smallest absolute Gasteiger partial charge is 0.332 e. The molecule has 4 amide bonds. The van der Waals surface area contributed by atoms with Crippen molar-refractivity contribution in [3.05, 3.63) is 23.5 Å². The predicted octanol–water partition coefficient (Wildman–Crippen LogP) is 0.0284. The summed E-state index contributed by atoms with van der Waals surface area (Å²) in [6.45, 7) is 2.08. The molecule has 0 aromatic carbocycles. The largest absolute Gasteiger partial charge is 0.375 e. The number of aromatic nitrogens is 1. The van der Waals surface area contributed by atoms with E-state index < -0.39 is 12.1 Å². The number of amides is 4. The number of ether oxygens (including phenoxy) is 1. The van der Waals surface area contributed by atoms with Gasteiger partial charge in [0.25, 0.3) is 5.91 Å². The zero-order chi connectivity index (χ0) is 18.6. The van der Waals surface area contributed by atoms with Crippen molar-refractivity contribution in [1.82, 2.24) is 14.8 Å². The highest BCUT2D eigenvalue weighted by atomic mass is 16.5. The van der Waals surface area contributed by atoms with Gasteiger partial charge >= 0.3 is 6.03 Å². The predicted molar refractivity (Wildman–Crippen MR) is 88.0 cm³/mol. The van der Waals surface area contributed by atoms with Crippen LogP contribution in [0.25, 0.3) is 0 Å². The van der Waals surface area contributed by atoms with Crippen LogP contribution in [0.4, 0.5) is 10.5 Å². The molecule has 0 radical (unpaired) electrons. The molecule has 3 aliphatic heterocycles. The number of nitriles is 1. The lowest BCUT2D eigenvalue weighted by atomic mass is 10.1. The second-order valence-corrected chi connectivity index (χ2v) is 6.72. The molecule has 9 heteroatoms. The molecule has 3 saturated heterocycles. The van der Waals surface area contributed by atoms with Crippen LogP contribution in [-0.2, 0) is 14.3 Å². The van der Waals surface area contributed by atoms with Gasteiger partial charge in [0.05, 0.1) is 24.0 Å². The lowest BCUT2D eigenvalue weighted by Gasteiger charge is -2.34. The van der Waals surface area contributed by atoms with Gasteiger partial charge in [0, 0.05) is 13.7 Å². The number of hydrogen-bond acceptors (Lipinski definition) is 6. The summed E-state index contributed by atoms with van der Waals surface area (Å²) in [5.74, 6) is -0.530. The highest BCUT2D eigenvalue weighted by molar-refractivity contribution is 6.22. The van der Waals surface area contributed by atoms with E-state index in [9.17, 15) is 14.4 Å². The minimum atomic E-state index is -0.669. The molecular weight excluding hydrogens is 338 g/mol. The number of pyridine rings is 1. The minimum absolute atomic E-state index is 0.0411. The summed E-state index contributed by atoms with van der Waals surface area (Å²) < 4.78 is 4.91. The fraction of sp³-hybridized carbons (Fsp3) is 0.471. The number of rotatable bonds is 3. The fourth-order valence-corrected chi connectivity index (χ4v) is 4.19. The summed E-state index contributed by atoms with van der Waals surface area (Å²) in [5, 5.41) is 9.00. The number of methoxy groups -OCH3 is 1. The van der Waals surface area contributed by atoms with Gasteiger partial charge in [0.15, 0.2) is 0 Å². The van der Waals surface area contributed by atoms with Crippen LogP contribution < -0.4 is 4.90 Å². The number of carbonyl (C=O) groups excluding carboxylic acids is 3. The van der Waals surface area contributed by atoms with Crippen LogP contribution in [0.1, 0.15) is 17.7 Å². The molecule has 1 aromatic rings. The van der Waals surface area contributed by atoms with E-state index in [1.54, 1.807) is 22.8 Å². The molecular formula is C17H17N5O4. The van der Waals surface area contributed by atoms with Crippen molar-refractivity contribution >= 4 is 23.5 Å². The van der Waals surface area contributed by atoms with Crippen LogP contribution in [0.15, 0.2) is 12.3 Å². The van der Waals surface area contributed by atoms with Crippen LogP contribution in [-0.4, -0.2) is 71.0 Å².